The topological polar surface area (TPSA) is 3.88 Å². The fourth-order valence-corrected chi connectivity index (χ4v) is 3.81. The van der Waals surface area contributed by atoms with Crippen molar-refractivity contribution in [2.45, 2.75) is 20.8 Å². The molecule has 0 atom stereocenters. The lowest BCUT2D eigenvalue weighted by atomic mass is 9.93. The molecule has 134 valence electrons. The summed E-state index contributed by atoms with van der Waals surface area (Å²) < 4.78 is 15.5. The van der Waals surface area contributed by atoms with Crippen molar-refractivity contribution in [2.75, 3.05) is 0 Å². The van der Waals surface area contributed by atoms with E-state index in [2.05, 4.69) is 75.0 Å². The molecule has 0 aliphatic rings. The van der Waals surface area contributed by atoms with E-state index in [1.807, 2.05) is 12.1 Å². The van der Waals surface area contributed by atoms with Gasteiger partial charge in [-0.15, -0.1) is 0 Å². The Kier molecular flexibility index (Phi) is 4.27. The summed E-state index contributed by atoms with van der Waals surface area (Å²) in [6.45, 7) is 6.50. The zero-order chi connectivity index (χ0) is 19.1. The summed E-state index contributed by atoms with van der Waals surface area (Å²) in [6.07, 6.45) is 2.12. The number of hydrogen-bond donors (Lipinski definition) is 0. The lowest BCUT2D eigenvalue weighted by Gasteiger charge is -2.12. The maximum Gasteiger partial charge on any atom is 0.220 e. The molecule has 0 unspecified atom stereocenters. The largest absolute Gasteiger partial charge is 0.220 e. The normalized spacial score (nSPS) is 11.1. The second-order valence-corrected chi connectivity index (χ2v) is 7.34. The Hall–Kier alpha value is -3.00. The van der Waals surface area contributed by atoms with Crippen LogP contribution in [0.2, 0.25) is 0 Å². The van der Waals surface area contributed by atoms with Crippen LogP contribution in [-0.4, -0.2) is 0 Å². The SMILES string of the molecule is Cc1cc(C)c(C)c(-c2c3cc(-c4ccc(F)cc4)ccc3cc[n+]2C)c1. The first-order chi connectivity index (χ1) is 12.9. The van der Waals surface area contributed by atoms with E-state index in [-0.39, 0.29) is 5.82 Å². The van der Waals surface area contributed by atoms with Crippen LogP contribution in [0.1, 0.15) is 16.7 Å². The number of fused-ring (bicyclic) bond motifs is 1. The van der Waals surface area contributed by atoms with Crippen LogP contribution < -0.4 is 4.57 Å². The Labute approximate surface area is 159 Å². The van der Waals surface area contributed by atoms with Crippen LogP contribution in [0, 0.1) is 26.6 Å². The Morgan fingerprint density at radius 3 is 2.22 bits per heavy atom. The summed E-state index contributed by atoms with van der Waals surface area (Å²) in [5, 5.41) is 2.41. The molecule has 0 fully saturated rings. The average molecular weight is 356 g/mol. The quantitative estimate of drug-likeness (QED) is 0.384. The monoisotopic (exact) mass is 356 g/mol. The van der Waals surface area contributed by atoms with Gasteiger partial charge in [-0.1, -0.05) is 35.9 Å². The molecule has 1 nitrogen and oxygen atoms in total. The molecule has 4 rings (SSSR count). The van der Waals surface area contributed by atoms with E-state index in [9.17, 15) is 4.39 Å². The standard InChI is InChI=1S/C25H23FN/c1-16-13-17(2)18(3)23(14-16)25-24-15-21(19-7-9-22(26)10-8-19)6-5-20(24)11-12-27(25)4/h5-15H,1-4H3/q+1. The van der Waals surface area contributed by atoms with Gasteiger partial charge in [0, 0.05) is 6.07 Å². The maximum absolute atomic E-state index is 13.3. The van der Waals surface area contributed by atoms with Gasteiger partial charge in [0.05, 0.1) is 10.9 Å². The summed E-state index contributed by atoms with van der Waals surface area (Å²) in [5.74, 6) is -0.211. The number of aromatic nitrogens is 1. The van der Waals surface area contributed by atoms with Crippen molar-refractivity contribution < 1.29 is 8.96 Å². The second-order valence-electron chi connectivity index (χ2n) is 7.34. The molecular formula is C25H23FN+. The van der Waals surface area contributed by atoms with Crippen LogP contribution in [-0.2, 0) is 7.05 Å². The molecule has 0 radical (unpaired) electrons. The van der Waals surface area contributed by atoms with Crippen molar-refractivity contribution in [1.82, 2.24) is 0 Å². The van der Waals surface area contributed by atoms with Crippen LogP contribution in [0.25, 0.3) is 33.2 Å². The molecule has 1 heterocycles. The minimum atomic E-state index is -0.211. The number of nitrogens with zero attached hydrogens (tertiary/aromatic N) is 1. The summed E-state index contributed by atoms with van der Waals surface area (Å²) in [6, 6.07) is 19.8. The van der Waals surface area contributed by atoms with Crippen molar-refractivity contribution in [3.05, 3.63) is 89.4 Å². The van der Waals surface area contributed by atoms with E-state index in [0.717, 1.165) is 11.1 Å². The molecule has 0 spiro atoms. The molecule has 0 aliphatic carbocycles. The zero-order valence-corrected chi connectivity index (χ0v) is 16.2. The summed E-state index contributed by atoms with van der Waals surface area (Å²) >= 11 is 0. The second kappa shape index (κ2) is 6.62. The number of hydrogen-bond acceptors (Lipinski definition) is 0. The first-order valence-corrected chi connectivity index (χ1v) is 9.20. The molecule has 2 heteroatoms. The van der Waals surface area contributed by atoms with Gasteiger partial charge in [-0.2, -0.15) is 0 Å². The maximum atomic E-state index is 13.3. The Bertz CT molecular complexity index is 1160. The molecule has 3 aromatic carbocycles. The van der Waals surface area contributed by atoms with Crippen LogP contribution >= 0.6 is 0 Å². The number of pyridine rings is 1. The van der Waals surface area contributed by atoms with Gasteiger partial charge in [-0.25, -0.2) is 8.96 Å². The van der Waals surface area contributed by atoms with Crippen molar-refractivity contribution in [3.8, 4) is 22.4 Å². The summed E-state index contributed by atoms with van der Waals surface area (Å²) in [4.78, 5) is 0. The minimum Gasteiger partial charge on any atom is -0.207 e. The van der Waals surface area contributed by atoms with E-state index < -0.39 is 0 Å². The van der Waals surface area contributed by atoms with Crippen molar-refractivity contribution >= 4 is 10.8 Å². The molecule has 0 amide bonds. The fourth-order valence-electron chi connectivity index (χ4n) is 3.81. The lowest BCUT2D eigenvalue weighted by Crippen LogP contribution is -2.30. The third-order valence-electron chi connectivity index (χ3n) is 5.38. The molecule has 1 aromatic heterocycles. The van der Waals surface area contributed by atoms with Gasteiger partial charge in [0.2, 0.25) is 5.69 Å². The van der Waals surface area contributed by atoms with Crippen LogP contribution in [0.5, 0.6) is 0 Å². The van der Waals surface area contributed by atoms with Crippen LogP contribution in [0.3, 0.4) is 0 Å². The highest BCUT2D eigenvalue weighted by atomic mass is 19.1. The van der Waals surface area contributed by atoms with E-state index in [0.29, 0.717) is 0 Å². The molecule has 0 saturated heterocycles. The molecule has 0 N–H and O–H groups in total. The molecule has 0 saturated carbocycles. The van der Waals surface area contributed by atoms with Crippen LogP contribution in [0.15, 0.2) is 66.9 Å². The Morgan fingerprint density at radius 2 is 1.48 bits per heavy atom. The van der Waals surface area contributed by atoms with Gasteiger partial charge in [0.1, 0.15) is 12.9 Å². The van der Waals surface area contributed by atoms with E-state index in [1.165, 1.54) is 50.9 Å². The van der Waals surface area contributed by atoms with Crippen LogP contribution in [0.4, 0.5) is 4.39 Å². The molecule has 4 aromatic rings. The predicted octanol–water partition coefficient (Wildman–Crippen LogP) is 6.06. The molecular weight excluding hydrogens is 333 g/mol. The Morgan fingerprint density at radius 1 is 0.778 bits per heavy atom. The highest BCUT2D eigenvalue weighted by Gasteiger charge is 2.19. The first-order valence-electron chi connectivity index (χ1n) is 9.20. The van der Waals surface area contributed by atoms with Gasteiger partial charge in [-0.3, -0.25) is 0 Å². The third kappa shape index (κ3) is 3.12. The van der Waals surface area contributed by atoms with Crippen molar-refractivity contribution in [2.24, 2.45) is 7.05 Å². The molecule has 27 heavy (non-hydrogen) atoms. The number of rotatable bonds is 2. The first kappa shape index (κ1) is 17.4. The van der Waals surface area contributed by atoms with Gasteiger partial charge in [0.15, 0.2) is 6.20 Å². The van der Waals surface area contributed by atoms with Gasteiger partial charge in [0.25, 0.3) is 0 Å². The third-order valence-corrected chi connectivity index (χ3v) is 5.38. The van der Waals surface area contributed by atoms with E-state index >= 15 is 0 Å². The minimum absolute atomic E-state index is 0.211. The highest BCUT2D eigenvalue weighted by Crippen LogP contribution is 2.33. The van der Waals surface area contributed by atoms with Crippen molar-refractivity contribution in [1.29, 1.82) is 0 Å². The highest BCUT2D eigenvalue weighted by molar-refractivity contribution is 5.96. The van der Waals surface area contributed by atoms with Gasteiger partial charge >= 0.3 is 0 Å². The zero-order valence-electron chi connectivity index (χ0n) is 16.2. The summed E-state index contributed by atoms with van der Waals surface area (Å²) in [5.41, 5.74) is 8.45. The van der Waals surface area contributed by atoms with E-state index in [1.54, 1.807) is 0 Å². The molecule has 0 bridgehead atoms. The number of halogens is 1. The van der Waals surface area contributed by atoms with Gasteiger partial charge < -0.3 is 0 Å². The number of benzene rings is 3. The molecule has 0 aliphatic heterocycles. The van der Waals surface area contributed by atoms with Gasteiger partial charge in [-0.05, 0) is 72.7 Å². The fraction of sp³-hybridized carbons (Fsp3) is 0.160. The smallest absolute Gasteiger partial charge is 0.207 e. The number of aryl methyl sites for hydroxylation is 3. The lowest BCUT2D eigenvalue weighted by molar-refractivity contribution is -0.659. The summed E-state index contributed by atoms with van der Waals surface area (Å²) in [7, 11) is 2.09. The average Bonchev–Trinajstić information content (AvgIpc) is 2.65. The predicted molar refractivity (Wildman–Crippen MR) is 110 cm³/mol. The van der Waals surface area contributed by atoms with E-state index in [4.69, 9.17) is 0 Å². The van der Waals surface area contributed by atoms with Crippen molar-refractivity contribution in [3.63, 3.8) is 0 Å². The Balaban J connectivity index is 2.02.